The highest BCUT2D eigenvalue weighted by Crippen LogP contribution is 2.27. The van der Waals surface area contributed by atoms with E-state index >= 15 is 0 Å². The molecule has 0 spiro atoms. The molecule has 0 saturated heterocycles. The summed E-state index contributed by atoms with van der Waals surface area (Å²) < 4.78 is 38.3. The monoisotopic (exact) mass is 387 g/mol. The molecule has 1 heterocycles. The van der Waals surface area contributed by atoms with E-state index < -0.39 is 17.2 Å². The maximum Gasteiger partial charge on any atom is 0.297 e. The average molecular weight is 387 g/mol. The Morgan fingerprint density at radius 1 is 1.04 bits per heavy atom. The van der Waals surface area contributed by atoms with Crippen LogP contribution in [-0.4, -0.2) is 30.3 Å². The molecule has 3 rings (SSSR count). The van der Waals surface area contributed by atoms with Crippen LogP contribution < -0.4 is 20.3 Å². The quantitative estimate of drug-likeness (QED) is 0.675. The lowest BCUT2D eigenvalue weighted by Crippen LogP contribution is -2.24. The van der Waals surface area contributed by atoms with Gasteiger partial charge < -0.3 is 14.8 Å². The van der Waals surface area contributed by atoms with Crippen molar-refractivity contribution in [2.24, 2.45) is 0 Å². The second-order valence-electron chi connectivity index (χ2n) is 5.92. The number of benzene rings is 2. The molecular formula is C20H19F2N3O3. The molecule has 0 radical (unpaired) electrons. The van der Waals surface area contributed by atoms with Gasteiger partial charge in [-0.1, -0.05) is 6.07 Å². The number of anilines is 1. The minimum Gasteiger partial charge on any atom is -0.493 e. The Hall–Kier alpha value is -3.42. The van der Waals surface area contributed by atoms with E-state index in [2.05, 4.69) is 10.3 Å². The van der Waals surface area contributed by atoms with Crippen molar-refractivity contribution < 1.29 is 18.3 Å². The second-order valence-corrected chi connectivity index (χ2v) is 5.92. The van der Waals surface area contributed by atoms with E-state index in [9.17, 15) is 13.6 Å². The van der Waals surface area contributed by atoms with E-state index in [1.54, 1.807) is 14.2 Å². The zero-order valence-corrected chi connectivity index (χ0v) is 15.4. The number of ether oxygens (including phenoxy) is 2. The van der Waals surface area contributed by atoms with Crippen LogP contribution in [0, 0.1) is 11.6 Å². The third-order valence-electron chi connectivity index (χ3n) is 4.18. The number of halogens is 2. The van der Waals surface area contributed by atoms with Crippen molar-refractivity contribution in [1.29, 1.82) is 0 Å². The molecule has 0 fully saturated rings. The summed E-state index contributed by atoms with van der Waals surface area (Å²) in [4.78, 5) is 16.6. The Morgan fingerprint density at radius 3 is 2.54 bits per heavy atom. The minimum absolute atomic E-state index is 0.118. The average Bonchev–Trinajstić information content (AvgIpc) is 2.71. The summed E-state index contributed by atoms with van der Waals surface area (Å²) in [6, 6.07) is 8.84. The van der Waals surface area contributed by atoms with E-state index in [4.69, 9.17) is 9.47 Å². The smallest absolute Gasteiger partial charge is 0.297 e. The summed E-state index contributed by atoms with van der Waals surface area (Å²) in [5.74, 6) is -0.618. The number of nitrogens with zero attached hydrogens (tertiary/aromatic N) is 2. The normalized spacial score (nSPS) is 10.6. The van der Waals surface area contributed by atoms with Gasteiger partial charge in [-0.3, -0.25) is 9.36 Å². The summed E-state index contributed by atoms with van der Waals surface area (Å²) >= 11 is 0. The van der Waals surface area contributed by atoms with Crippen LogP contribution in [0.5, 0.6) is 11.5 Å². The zero-order chi connectivity index (χ0) is 20.1. The summed E-state index contributed by atoms with van der Waals surface area (Å²) in [5.41, 5.74) is 0.747. The van der Waals surface area contributed by atoms with Crippen molar-refractivity contribution in [2.75, 3.05) is 26.1 Å². The van der Waals surface area contributed by atoms with Gasteiger partial charge in [0.25, 0.3) is 5.56 Å². The molecule has 6 nitrogen and oxygen atoms in total. The van der Waals surface area contributed by atoms with Gasteiger partial charge in [-0.2, -0.15) is 0 Å². The summed E-state index contributed by atoms with van der Waals surface area (Å²) in [5, 5.41) is 2.98. The van der Waals surface area contributed by atoms with Gasteiger partial charge in [-0.25, -0.2) is 13.8 Å². The van der Waals surface area contributed by atoms with Gasteiger partial charge in [0.2, 0.25) is 0 Å². The van der Waals surface area contributed by atoms with E-state index in [0.717, 1.165) is 17.7 Å². The Kier molecular flexibility index (Phi) is 5.88. The van der Waals surface area contributed by atoms with Crippen LogP contribution in [0.3, 0.4) is 0 Å². The van der Waals surface area contributed by atoms with Crippen LogP contribution in [0.15, 0.2) is 53.6 Å². The van der Waals surface area contributed by atoms with Crippen LogP contribution >= 0.6 is 0 Å². The number of hydrogen-bond acceptors (Lipinski definition) is 5. The van der Waals surface area contributed by atoms with Gasteiger partial charge in [0.15, 0.2) is 29.0 Å². The molecule has 0 unspecified atom stereocenters. The summed E-state index contributed by atoms with van der Waals surface area (Å²) in [7, 11) is 3.13. The van der Waals surface area contributed by atoms with E-state index in [1.165, 1.54) is 23.0 Å². The summed E-state index contributed by atoms with van der Waals surface area (Å²) in [6.07, 6.45) is 3.43. The topological polar surface area (TPSA) is 65.4 Å². The third-order valence-corrected chi connectivity index (χ3v) is 4.18. The molecule has 8 heteroatoms. The van der Waals surface area contributed by atoms with Crippen LogP contribution in [0.2, 0.25) is 0 Å². The van der Waals surface area contributed by atoms with Crippen molar-refractivity contribution in [3.8, 4) is 17.2 Å². The molecule has 0 saturated carbocycles. The molecular weight excluding hydrogens is 368 g/mol. The number of hydrogen-bond donors (Lipinski definition) is 1. The van der Waals surface area contributed by atoms with Crippen molar-refractivity contribution in [1.82, 2.24) is 9.55 Å². The Morgan fingerprint density at radius 2 is 1.82 bits per heavy atom. The van der Waals surface area contributed by atoms with Crippen molar-refractivity contribution in [2.45, 2.75) is 6.42 Å². The van der Waals surface area contributed by atoms with Crippen molar-refractivity contribution in [3.63, 3.8) is 0 Å². The maximum absolute atomic E-state index is 13.5. The highest BCUT2D eigenvalue weighted by Gasteiger charge is 2.10. The molecule has 0 bridgehead atoms. The minimum atomic E-state index is -1.02. The first-order valence-corrected chi connectivity index (χ1v) is 8.51. The van der Waals surface area contributed by atoms with Crippen LogP contribution in [0.4, 0.5) is 14.6 Å². The first-order chi connectivity index (χ1) is 13.5. The molecule has 1 aromatic heterocycles. The predicted molar refractivity (Wildman–Crippen MR) is 101 cm³/mol. The molecule has 0 aliphatic heterocycles. The van der Waals surface area contributed by atoms with Gasteiger partial charge in [-0.05, 0) is 36.2 Å². The molecule has 1 N–H and O–H groups in total. The first kappa shape index (κ1) is 19.3. The maximum atomic E-state index is 13.5. The van der Waals surface area contributed by atoms with Crippen LogP contribution in [-0.2, 0) is 6.42 Å². The van der Waals surface area contributed by atoms with Crippen LogP contribution in [0.1, 0.15) is 5.56 Å². The molecule has 28 heavy (non-hydrogen) atoms. The van der Waals surface area contributed by atoms with E-state index in [-0.39, 0.29) is 11.5 Å². The van der Waals surface area contributed by atoms with E-state index in [1.807, 2.05) is 18.2 Å². The fourth-order valence-electron chi connectivity index (χ4n) is 2.73. The Labute approximate surface area is 160 Å². The first-order valence-electron chi connectivity index (χ1n) is 8.51. The van der Waals surface area contributed by atoms with Gasteiger partial charge in [-0.15, -0.1) is 0 Å². The second kappa shape index (κ2) is 8.51. The Bertz CT molecular complexity index is 1040. The van der Waals surface area contributed by atoms with Crippen molar-refractivity contribution >= 4 is 5.82 Å². The fraction of sp³-hybridized carbons (Fsp3) is 0.200. The lowest BCUT2D eigenvalue weighted by molar-refractivity contribution is 0.354. The van der Waals surface area contributed by atoms with Crippen molar-refractivity contribution in [3.05, 3.63) is 76.3 Å². The molecule has 0 aliphatic rings. The molecule has 0 aliphatic carbocycles. The number of aromatic nitrogens is 2. The molecule has 0 amide bonds. The molecule has 3 aromatic rings. The van der Waals surface area contributed by atoms with Crippen LogP contribution in [0.25, 0.3) is 5.69 Å². The van der Waals surface area contributed by atoms with E-state index in [0.29, 0.717) is 24.5 Å². The van der Waals surface area contributed by atoms with Gasteiger partial charge in [0.05, 0.1) is 19.9 Å². The SMILES string of the molecule is COc1ccc(CCNc2nccn(-c3ccc(F)c(F)c3)c2=O)cc1OC. The highest BCUT2D eigenvalue weighted by molar-refractivity contribution is 5.43. The highest BCUT2D eigenvalue weighted by atomic mass is 19.2. The number of rotatable bonds is 7. The standard InChI is InChI=1S/C20H19F2N3O3/c1-27-17-6-3-13(11-18(17)28-2)7-8-23-19-20(26)25(10-9-24-19)14-4-5-15(21)16(22)12-14/h3-6,9-12H,7-8H2,1-2H3,(H,23,24). The summed E-state index contributed by atoms with van der Waals surface area (Å²) in [6.45, 7) is 0.444. The molecule has 2 aromatic carbocycles. The number of methoxy groups -OCH3 is 2. The van der Waals surface area contributed by atoms with Gasteiger partial charge in [0.1, 0.15) is 0 Å². The van der Waals surface area contributed by atoms with Gasteiger partial charge >= 0.3 is 0 Å². The lowest BCUT2D eigenvalue weighted by Gasteiger charge is -2.11. The molecule has 0 atom stereocenters. The van der Waals surface area contributed by atoms with Gasteiger partial charge in [0, 0.05) is 25.0 Å². The predicted octanol–water partition coefficient (Wildman–Crippen LogP) is 3.18. The Balaban J connectivity index is 1.73. The number of nitrogens with one attached hydrogen (secondary N) is 1. The third kappa shape index (κ3) is 4.11. The fourth-order valence-corrected chi connectivity index (χ4v) is 2.73. The lowest BCUT2D eigenvalue weighted by atomic mass is 10.1. The zero-order valence-electron chi connectivity index (χ0n) is 15.4. The molecule has 146 valence electrons. The largest absolute Gasteiger partial charge is 0.493 e.